The van der Waals surface area contributed by atoms with Crippen molar-refractivity contribution in [3.05, 3.63) is 0 Å². The van der Waals surface area contributed by atoms with E-state index in [0.29, 0.717) is 12.1 Å². The van der Waals surface area contributed by atoms with E-state index >= 15 is 0 Å². The van der Waals surface area contributed by atoms with Crippen molar-refractivity contribution < 1.29 is 0 Å². The molecule has 82 valence electrons. The van der Waals surface area contributed by atoms with Gasteiger partial charge < -0.3 is 10.6 Å². The third-order valence-corrected chi connectivity index (χ3v) is 4.42. The summed E-state index contributed by atoms with van der Waals surface area (Å²) in [7, 11) is 0. The van der Waals surface area contributed by atoms with Gasteiger partial charge in [-0.25, -0.2) is 0 Å². The first-order valence-corrected chi connectivity index (χ1v) is 6.17. The molecule has 2 heteroatoms. The van der Waals surface area contributed by atoms with Crippen LogP contribution in [0.15, 0.2) is 0 Å². The first-order valence-electron chi connectivity index (χ1n) is 6.17. The summed E-state index contributed by atoms with van der Waals surface area (Å²) in [6.45, 7) is 8.13. The summed E-state index contributed by atoms with van der Waals surface area (Å²) < 4.78 is 0. The molecule has 0 aromatic heterocycles. The fourth-order valence-corrected chi connectivity index (χ4v) is 3.57. The molecule has 3 unspecified atom stereocenters. The van der Waals surface area contributed by atoms with Crippen LogP contribution in [0.3, 0.4) is 0 Å². The number of rotatable bonds is 1. The van der Waals surface area contributed by atoms with Gasteiger partial charge in [0.05, 0.1) is 0 Å². The maximum atomic E-state index is 3.55. The Morgan fingerprint density at radius 2 is 1.57 bits per heavy atom. The first-order chi connectivity index (χ1) is 6.70. The summed E-state index contributed by atoms with van der Waals surface area (Å²) in [6, 6.07) is 1.38. The third-order valence-electron chi connectivity index (χ3n) is 4.42. The van der Waals surface area contributed by atoms with E-state index in [-0.39, 0.29) is 0 Å². The lowest BCUT2D eigenvalue weighted by molar-refractivity contribution is 0.138. The third kappa shape index (κ3) is 1.82. The molecule has 0 aromatic carbocycles. The van der Waals surface area contributed by atoms with Gasteiger partial charge in [-0.15, -0.1) is 0 Å². The molecule has 1 saturated carbocycles. The highest BCUT2D eigenvalue weighted by Crippen LogP contribution is 2.39. The van der Waals surface area contributed by atoms with Gasteiger partial charge in [-0.05, 0) is 38.0 Å². The van der Waals surface area contributed by atoms with Crippen LogP contribution in [0, 0.1) is 17.8 Å². The monoisotopic (exact) mass is 196 g/mol. The minimum atomic E-state index is 0.691. The molecule has 0 aromatic rings. The van der Waals surface area contributed by atoms with Crippen molar-refractivity contribution >= 4 is 0 Å². The average molecular weight is 196 g/mol. The van der Waals surface area contributed by atoms with Gasteiger partial charge in [-0.3, -0.25) is 0 Å². The fraction of sp³-hybridized carbons (Fsp3) is 1.00. The Morgan fingerprint density at radius 1 is 0.929 bits per heavy atom. The zero-order chi connectivity index (χ0) is 10.1. The summed E-state index contributed by atoms with van der Waals surface area (Å²) in [5.41, 5.74) is 0. The molecule has 2 rings (SSSR count). The molecular formula is C12H24N2. The minimum Gasteiger partial charge on any atom is -0.302 e. The molecule has 14 heavy (non-hydrogen) atoms. The van der Waals surface area contributed by atoms with Crippen LogP contribution in [0.2, 0.25) is 0 Å². The second kappa shape index (κ2) is 4.19. The quantitative estimate of drug-likeness (QED) is 0.670. The Morgan fingerprint density at radius 3 is 2.07 bits per heavy atom. The second-order valence-corrected chi connectivity index (χ2v) is 5.31. The molecule has 2 fully saturated rings. The largest absolute Gasteiger partial charge is 0.302 e. The van der Waals surface area contributed by atoms with Crippen LogP contribution in [0.1, 0.15) is 40.0 Å². The predicted molar refractivity (Wildman–Crippen MR) is 60.1 cm³/mol. The highest BCUT2D eigenvalue weighted by molar-refractivity contribution is 4.93. The van der Waals surface area contributed by atoms with E-state index in [1.165, 1.54) is 19.3 Å². The van der Waals surface area contributed by atoms with E-state index in [1.807, 2.05) is 0 Å². The Kier molecular flexibility index (Phi) is 3.13. The van der Waals surface area contributed by atoms with Crippen molar-refractivity contribution in [3.63, 3.8) is 0 Å². The van der Waals surface area contributed by atoms with Crippen molar-refractivity contribution in [1.29, 1.82) is 0 Å². The second-order valence-electron chi connectivity index (χ2n) is 5.31. The summed E-state index contributed by atoms with van der Waals surface area (Å²) >= 11 is 0. The van der Waals surface area contributed by atoms with E-state index in [9.17, 15) is 0 Å². The van der Waals surface area contributed by atoms with Crippen LogP contribution in [0.4, 0.5) is 0 Å². The van der Waals surface area contributed by atoms with Crippen LogP contribution in [-0.2, 0) is 0 Å². The zero-order valence-corrected chi connectivity index (χ0v) is 9.72. The molecule has 1 aliphatic heterocycles. The van der Waals surface area contributed by atoms with Gasteiger partial charge in [0, 0.05) is 18.8 Å². The van der Waals surface area contributed by atoms with E-state index in [1.54, 1.807) is 0 Å². The summed E-state index contributed by atoms with van der Waals surface area (Å²) in [4.78, 5) is 0. The Bertz CT molecular complexity index is 183. The predicted octanol–water partition coefficient (Wildman–Crippen LogP) is 1.97. The van der Waals surface area contributed by atoms with Gasteiger partial charge in [0.1, 0.15) is 0 Å². The van der Waals surface area contributed by atoms with Crippen LogP contribution in [-0.4, -0.2) is 18.8 Å². The number of hydrogen-bond acceptors (Lipinski definition) is 2. The molecule has 0 spiro atoms. The molecular weight excluding hydrogens is 172 g/mol. The molecule has 1 saturated heterocycles. The highest BCUT2D eigenvalue weighted by Gasteiger charge is 2.38. The van der Waals surface area contributed by atoms with Crippen molar-refractivity contribution in [2.24, 2.45) is 17.8 Å². The van der Waals surface area contributed by atoms with Crippen molar-refractivity contribution in [2.45, 2.75) is 52.1 Å². The summed E-state index contributed by atoms with van der Waals surface area (Å²) in [5.74, 6) is 2.72. The number of hydrogen-bond donors (Lipinski definition) is 2. The summed E-state index contributed by atoms with van der Waals surface area (Å²) in [6.07, 6.45) is 4.34. The van der Waals surface area contributed by atoms with Gasteiger partial charge in [0.15, 0.2) is 0 Å². The highest BCUT2D eigenvalue weighted by atomic mass is 15.1. The van der Waals surface area contributed by atoms with Crippen LogP contribution in [0.5, 0.6) is 0 Å². The maximum absolute atomic E-state index is 3.55. The molecule has 2 nitrogen and oxygen atoms in total. The van der Waals surface area contributed by atoms with Gasteiger partial charge in [-0.2, -0.15) is 0 Å². The van der Waals surface area contributed by atoms with Gasteiger partial charge in [0.2, 0.25) is 0 Å². The SMILES string of the molecule is CC1NCNC(C)C1[C@@H]1CCCC1C. The zero-order valence-electron chi connectivity index (χ0n) is 9.72. The van der Waals surface area contributed by atoms with Gasteiger partial charge >= 0.3 is 0 Å². The number of nitrogens with one attached hydrogen (secondary N) is 2. The van der Waals surface area contributed by atoms with Crippen LogP contribution < -0.4 is 10.6 Å². The standard InChI is InChI=1S/C12H24N2/c1-8-5-4-6-11(8)12-9(2)13-7-14-10(12)3/h8-14H,4-7H2,1-3H3/t8?,9?,10?,11-,12?/m1/s1. The topological polar surface area (TPSA) is 24.1 Å². The fourth-order valence-electron chi connectivity index (χ4n) is 3.57. The van der Waals surface area contributed by atoms with Gasteiger partial charge in [-0.1, -0.05) is 19.8 Å². The lowest BCUT2D eigenvalue weighted by atomic mass is 9.76. The van der Waals surface area contributed by atoms with Crippen LogP contribution >= 0.6 is 0 Å². The minimum absolute atomic E-state index is 0.691. The van der Waals surface area contributed by atoms with E-state index in [0.717, 1.165) is 24.4 Å². The molecule has 2 N–H and O–H groups in total. The lowest BCUT2D eigenvalue weighted by Crippen LogP contribution is -2.57. The Hall–Kier alpha value is -0.0800. The lowest BCUT2D eigenvalue weighted by Gasteiger charge is -2.41. The van der Waals surface area contributed by atoms with E-state index in [2.05, 4.69) is 31.4 Å². The molecule has 4 atom stereocenters. The molecule has 0 bridgehead atoms. The average Bonchev–Trinajstić information content (AvgIpc) is 2.52. The Balaban J connectivity index is 2.05. The Labute approximate surface area is 87.8 Å². The van der Waals surface area contributed by atoms with Crippen molar-refractivity contribution in [3.8, 4) is 0 Å². The van der Waals surface area contributed by atoms with E-state index < -0.39 is 0 Å². The van der Waals surface area contributed by atoms with E-state index in [4.69, 9.17) is 0 Å². The molecule has 0 amide bonds. The van der Waals surface area contributed by atoms with Gasteiger partial charge in [0.25, 0.3) is 0 Å². The van der Waals surface area contributed by atoms with Crippen LogP contribution in [0.25, 0.3) is 0 Å². The molecule has 2 aliphatic rings. The molecule has 0 radical (unpaired) electrons. The van der Waals surface area contributed by atoms with Crippen molar-refractivity contribution in [1.82, 2.24) is 10.6 Å². The first kappa shape index (κ1) is 10.4. The molecule has 1 heterocycles. The van der Waals surface area contributed by atoms with Crippen molar-refractivity contribution in [2.75, 3.05) is 6.67 Å². The maximum Gasteiger partial charge on any atom is 0.0458 e. The summed E-state index contributed by atoms with van der Waals surface area (Å²) in [5, 5.41) is 7.10. The normalized spacial score (nSPS) is 49.5. The smallest absolute Gasteiger partial charge is 0.0458 e. The molecule has 1 aliphatic carbocycles.